The van der Waals surface area contributed by atoms with E-state index in [1.165, 1.54) is 32.1 Å². The van der Waals surface area contributed by atoms with Crippen molar-refractivity contribution >= 4 is 7.82 Å². The number of allylic oxidation sites excluding steroid dienone is 2. The molecule has 0 aromatic carbocycles. The molecule has 0 amide bonds. The molecule has 0 fully saturated rings. The zero-order valence-electron chi connectivity index (χ0n) is 33.6. The molecule has 0 radical (unpaired) electrons. The summed E-state index contributed by atoms with van der Waals surface area (Å²) in [6.07, 6.45) is 1.03. The Labute approximate surface area is 338 Å². The van der Waals surface area contributed by atoms with Gasteiger partial charge < -0.3 is 27.9 Å². The molecule has 0 heterocycles. The van der Waals surface area contributed by atoms with Gasteiger partial charge in [-0.15, -0.1) is 0 Å². The van der Waals surface area contributed by atoms with Gasteiger partial charge in [0.05, 0.1) is 34.4 Å². The fourth-order valence-electron chi connectivity index (χ4n) is 5.01. The zero-order chi connectivity index (χ0) is 47.0. The van der Waals surface area contributed by atoms with Crippen LogP contribution in [0, 0.1) is 0 Å². The monoisotopic (exact) mass is 939 g/mol. The maximum absolute atomic E-state index is 14.1. The van der Waals surface area contributed by atoms with Crippen LogP contribution < -0.4 is 4.89 Å². The quantitative estimate of drug-likeness (QED) is 0.0210. The Morgan fingerprint density at radius 1 is 0.550 bits per heavy atom. The molecular formula is C35H55F17NO6P. The highest BCUT2D eigenvalue weighted by atomic mass is 31.2. The molecular weight excluding hydrogens is 884 g/mol. The number of hydrogen-bond donors (Lipinski definition) is 0. The summed E-state index contributed by atoms with van der Waals surface area (Å²) < 4.78 is 262. The molecule has 1 unspecified atom stereocenters. The maximum atomic E-state index is 14.1. The van der Waals surface area contributed by atoms with Crippen LogP contribution in [-0.4, -0.2) is 119 Å². The van der Waals surface area contributed by atoms with E-state index in [0.717, 1.165) is 38.5 Å². The van der Waals surface area contributed by atoms with Gasteiger partial charge in [0.15, 0.2) is 0 Å². The number of halogens is 17. The summed E-state index contributed by atoms with van der Waals surface area (Å²) >= 11 is 0. The molecule has 0 aliphatic carbocycles. The molecule has 2 atom stereocenters. The summed E-state index contributed by atoms with van der Waals surface area (Å²) in [6.45, 7) is 0.777. The smallest absolute Gasteiger partial charge is 0.460 e. The van der Waals surface area contributed by atoms with Crippen molar-refractivity contribution < 1.29 is 107 Å². The SMILES string of the molecule is CCCCCCCCCCCCCCO[C@@H](COCCC/C=C/C(F)(F)C(F)(F)C(F)(F)C(F)(F)C(F)(F)C(F)(F)C(F)(F)C(F)(F)F)COP(=O)([O-])OCC[N+](C)(C)C. The lowest BCUT2D eigenvalue weighted by Gasteiger charge is -2.42. The van der Waals surface area contributed by atoms with Crippen LogP contribution in [0.5, 0.6) is 0 Å². The van der Waals surface area contributed by atoms with E-state index in [4.69, 9.17) is 18.5 Å². The number of phosphoric acid groups is 1. The van der Waals surface area contributed by atoms with Crippen molar-refractivity contribution in [1.29, 1.82) is 0 Å². The third-order valence-corrected chi connectivity index (χ3v) is 9.78. The fraction of sp³-hybridized carbons (Fsp3) is 0.943. The van der Waals surface area contributed by atoms with Gasteiger partial charge in [0.25, 0.3) is 7.82 Å². The van der Waals surface area contributed by atoms with Crippen LogP contribution in [0.3, 0.4) is 0 Å². The van der Waals surface area contributed by atoms with Crippen LogP contribution in [0.15, 0.2) is 12.2 Å². The second kappa shape index (κ2) is 24.0. The number of ether oxygens (including phenoxy) is 2. The summed E-state index contributed by atoms with van der Waals surface area (Å²) in [7, 11) is 0.471. The second-order valence-corrected chi connectivity index (χ2v) is 16.6. The van der Waals surface area contributed by atoms with E-state index in [1.807, 2.05) is 0 Å². The first-order valence-corrected chi connectivity index (χ1v) is 20.5. The Kier molecular flexibility index (Phi) is 23.4. The normalized spacial score (nSPS) is 16.2. The highest BCUT2D eigenvalue weighted by molar-refractivity contribution is 7.45. The van der Waals surface area contributed by atoms with Gasteiger partial charge in [-0.2, -0.15) is 74.6 Å². The van der Waals surface area contributed by atoms with E-state index in [2.05, 4.69) is 6.92 Å². The average Bonchev–Trinajstić information content (AvgIpc) is 3.10. The third kappa shape index (κ3) is 16.9. The fourth-order valence-corrected chi connectivity index (χ4v) is 5.73. The van der Waals surface area contributed by atoms with Crippen molar-refractivity contribution in [2.24, 2.45) is 0 Å². The summed E-state index contributed by atoms with van der Waals surface area (Å²) in [5, 5.41) is 0. The van der Waals surface area contributed by atoms with Gasteiger partial charge >= 0.3 is 47.6 Å². The summed E-state index contributed by atoms with van der Waals surface area (Å²) in [4.78, 5) is 12.2. The molecule has 0 rings (SSSR count). The molecule has 0 saturated heterocycles. The summed E-state index contributed by atoms with van der Waals surface area (Å²) in [5.74, 6) is -56.9. The Hall–Kier alpha value is -1.46. The third-order valence-electron chi connectivity index (χ3n) is 8.82. The summed E-state index contributed by atoms with van der Waals surface area (Å²) in [6, 6.07) is 0. The number of nitrogens with zero attached hydrogens (tertiary/aromatic N) is 1. The molecule has 0 aromatic rings. The van der Waals surface area contributed by atoms with Gasteiger partial charge in [0.2, 0.25) is 0 Å². The largest absolute Gasteiger partial charge is 0.756 e. The minimum absolute atomic E-state index is 0.0813. The molecule has 7 nitrogen and oxygen atoms in total. The molecule has 0 aromatic heterocycles. The van der Waals surface area contributed by atoms with E-state index in [9.17, 15) is 84.1 Å². The van der Waals surface area contributed by atoms with Crippen molar-refractivity contribution in [3.05, 3.63) is 12.2 Å². The second-order valence-electron chi connectivity index (χ2n) is 15.2. The average molecular weight is 940 g/mol. The minimum Gasteiger partial charge on any atom is -0.756 e. The minimum atomic E-state index is -8.69. The molecule has 360 valence electrons. The van der Waals surface area contributed by atoms with E-state index >= 15 is 0 Å². The first kappa shape index (κ1) is 58.5. The number of unbranched alkanes of at least 4 members (excludes halogenated alkanes) is 12. The van der Waals surface area contributed by atoms with Crippen LogP contribution >= 0.6 is 7.82 Å². The van der Waals surface area contributed by atoms with Crippen LogP contribution in [0.1, 0.15) is 96.8 Å². The van der Waals surface area contributed by atoms with Crippen molar-refractivity contribution in [1.82, 2.24) is 0 Å². The number of phosphoric ester groups is 1. The molecule has 0 spiro atoms. The van der Waals surface area contributed by atoms with Gasteiger partial charge in [0, 0.05) is 13.2 Å². The van der Waals surface area contributed by atoms with Gasteiger partial charge in [-0.1, -0.05) is 83.6 Å². The molecule has 25 heteroatoms. The molecule has 0 aliphatic heterocycles. The van der Waals surface area contributed by atoms with E-state index in [0.29, 0.717) is 10.9 Å². The molecule has 0 bridgehead atoms. The lowest BCUT2D eigenvalue weighted by molar-refractivity contribution is -0.870. The Bertz CT molecular complexity index is 1300. The maximum Gasteiger partial charge on any atom is 0.460 e. The van der Waals surface area contributed by atoms with Crippen molar-refractivity contribution in [2.45, 2.75) is 151 Å². The van der Waals surface area contributed by atoms with Gasteiger partial charge in [-0.25, -0.2) is 0 Å². The first-order valence-electron chi connectivity index (χ1n) is 19.1. The Morgan fingerprint density at radius 2 is 0.983 bits per heavy atom. The highest BCUT2D eigenvalue weighted by Crippen LogP contribution is 2.64. The first-order chi connectivity index (χ1) is 27.1. The zero-order valence-corrected chi connectivity index (χ0v) is 34.5. The highest BCUT2D eigenvalue weighted by Gasteiger charge is 2.95. The van der Waals surface area contributed by atoms with Crippen LogP contribution in [0.4, 0.5) is 74.6 Å². The molecule has 0 N–H and O–H groups in total. The van der Waals surface area contributed by atoms with Crippen molar-refractivity contribution in [2.75, 3.05) is 60.7 Å². The predicted molar refractivity (Wildman–Crippen MR) is 183 cm³/mol. The lowest BCUT2D eigenvalue weighted by Crippen LogP contribution is -2.74. The van der Waals surface area contributed by atoms with Crippen molar-refractivity contribution in [3.8, 4) is 0 Å². The standard InChI is InChI=1S/C35H55F17NO6P/c1-5-6-7-8-9-10-11-12-13-14-15-19-23-57-27(26-59-60(54,55)58-24-21-53(2,3)4)25-56-22-18-16-17-20-28(36,37)29(38,39)30(40,41)31(42,43)32(44,45)33(46,47)34(48,49)35(50,51)52/h17,20,27H,5-16,18-19,21-26H2,1-4H3/b20-17+/t27-/m0/s1. The van der Waals surface area contributed by atoms with Gasteiger partial charge in [-0.3, -0.25) is 4.57 Å². The van der Waals surface area contributed by atoms with E-state index < -0.39 is 100 Å². The van der Waals surface area contributed by atoms with Crippen LogP contribution in [0.25, 0.3) is 0 Å². The number of alkyl halides is 17. The van der Waals surface area contributed by atoms with Gasteiger partial charge in [-0.05, 0) is 25.3 Å². The molecule has 60 heavy (non-hydrogen) atoms. The number of hydrogen-bond acceptors (Lipinski definition) is 6. The molecule has 0 aliphatic rings. The Balaban J connectivity index is 5.39. The van der Waals surface area contributed by atoms with Crippen molar-refractivity contribution in [3.63, 3.8) is 0 Å². The van der Waals surface area contributed by atoms with Gasteiger partial charge in [0.1, 0.15) is 19.3 Å². The Morgan fingerprint density at radius 3 is 1.43 bits per heavy atom. The topological polar surface area (TPSA) is 77.1 Å². The number of rotatable bonds is 34. The van der Waals surface area contributed by atoms with E-state index in [-0.39, 0.29) is 25.8 Å². The lowest BCUT2D eigenvalue weighted by atomic mass is 9.89. The van der Waals surface area contributed by atoms with E-state index in [1.54, 1.807) is 21.1 Å². The number of quaternary nitrogens is 1. The van der Waals surface area contributed by atoms with Crippen LogP contribution in [0.2, 0.25) is 0 Å². The molecule has 0 saturated carbocycles. The predicted octanol–water partition coefficient (Wildman–Crippen LogP) is 11.6. The number of likely N-dealkylation sites (N-methyl/N-ethyl adjacent to an activating group) is 1. The summed E-state index contributed by atoms with van der Waals surface area (Å²) in [5.41, 5.74) is 0. The van der Waals surface area contributed by atoms with Crippen LogP contribution in [-0.2, 0) is 23.1 Å².